The second kappa shape index (κ2) is 7.22. The van der Waals surface area contributed by atoms with Crippen molar-refractivity contribution >= 4 is 44.8 Å². The van der Waals surface area contributed by atoms with E-state index < -0.39 is 12.1 Å². The Labute approximate surface area is 128 Å². The van der Waals surface area contributed by atoms with Crippen LogP contribution in [0.3, 0.4) is 0 Å². The molecule has 0 saturated carbocycles. The van der Waals surface area contributed by atoms with Gasteiger partial charge in [-0.2, -0.15) is 4.99 Å². The number of nitrogens with zero attached hydrogens (tertiary/aromatic N) is 4. The minimum Gasteiger partial charge on any atom is -0.447 e. The largest absolute Gasteiger partial charge is 0.452 e. The number of urea groups is 1. The smallest absolute Gasteiger partial charge is 0.447 e. The lowest BCUT2D eigenvalue weighted by atomic mass is 10.3. The normalized spacial score (nSPS) is 11.8. The van der Waals surface area contributed by atoms with Crippen LogP contribution in [0.5, 0.6) is 0 Å². The Morgan fingerprint density at radius 2 is 2.14 bits per heavy atom. The zero-order valence-corrected chi connectivity index (χ0v) is 12.3. The average molecular weight is 320 g/mol. The van der Waals surface area contributed by atoms with Crippen molar-refractivity contribution in [1.29, 1.82) is 0 Å². The molecule has 1 aromatic heterocycles. The maximum absolute atomic E-state index is 11.4. The Balaban J connectivity index is 2.00. The van der Waals surface area contributed by atoms with Crippen molar-refractivity contribution in [2.45, 2.75) is 6.92 Å². The summed E-state index contributed by atoms with van der Waals surface area (Å²) in [5.74, 6) is -0.202. The van der Waals surface area contributed by atoms with Crippen LogP contribution in [-0.2, 0) is 4.74 Å². The molecule has 1 heterocycles. The predicted octanol–water partition coefficient (Wildman–Crippen LogP) is 2.56. The molecule has 22 heavy (non-hydrogen) atoms. The first kappa shape index (κ1) is 15.5. The number of nitrogens with two attached hydrogens (primary N) is 1. The summed E-state index contributed by atoms with van der Waals surface area (Å²) in [7, 11) is 0. The maximum Gasteiger partial charge on any atom is 0.452 e. The Bertz CT molecular complexity index is 721. The van der Waals surface area contributed by atoms with E-state index in [1.807, 2.05) is 24.3 Å². The van der Waals surface area contributed by atoms with E-state index in [9.17, 15) is 9.59 Å². The molecule has 0 atom stereocenters. The van der Waals surface area contributed by atoms with Crippen LogP contribution < -0.4 is 11.1 Å². The molecule has 0 fully saturated rings. The zero-order valence-electron chi connectivity index (χ0n) is 11.5. The Kier molecular flexibility index (Phi) is 5.09. The van der Waals surface area contributed by atoms with E-state index in [1.165, 1.54) is 11.3 Å². The van der Waals surface area contributed by atoms with Crippen LogP contribution in [0.2, 0.25) is 0 Å². The van der Waals surface area contributed by atoms with Gasteiger partial charge in [-0.15, -0.1) is 0 Å². The summed E-state index contributed by atoms with van der Waals surface area (Å²) in [6.45, 7) is 1.75. The first-order valence-electron chi connectivity index (χ1n) is 6.17. The number of hydrogen-bond acceptors (Lipinski definition) is 6. The van der Waals surface area contributed by atoms with Gasteiger partial charge in [0.15, 0.2) is 0 Å². The summed E-state index contributed by atoms with van der Waals surface area (Å²) in [6.07, 6.45) is -0.959. The van der Waals surface area contributed by atoms with E-state index in [0.717, 1.165) is 10.2 Å². The number of hydrogen-bond donors (Lipinski definition) is 2. The molecule has 10 heteroatoms. The SMILES string of the molecule is CCOC(=O)/N=N/C(=O)N/C(N)=N\c1nc2ccccc2s1. The number of para-hydroxylation sites is 1. The molecule has 3 amide bonds. The standard InChI is InChI=1S/C12H12N6O3S/c1-2-21-12(20)18-17-10(19)15-9(13)16-11-14-7-5-3-4-6-8(7)22-11/h3-6H,2H2,1H3,(H3,13,14,15,16,19)/b18-17+. The number of ether oxygens (including phenoxy) is 1. The highest BCUT2D eigenvalue weighted by atomic mass is 32.1. The van der Waals surface area contributed by atoms with Gasteiger partial charge in [0.25, 0.3) is 0 Å². The van der Waals surface area contributed by atoms with Crippen LogP contribution in [0.15, 0.2) is 39.5 Å². The van der Waals surface area contributed by atoms with Crippen LogP contribution in [0.1, 0.15) is 6.92 Å². The molecule has 9 nitrogen and oxygen atoms in total. The van der Waals surface area contributed by atoms with Gasteiger partial charge in [-0.05, 0) is 19.1 Å². The summed E-state index contributed by atoms with van der Waals surface area (Å²) in [6, 6.07) is 6.54. The molecule has 3 N–H and O–H groups in total. The highest BCUT2D eigenvalue weighted by Crippen LogP contribution is 2.27. The van der Waals surface area contributed by atoms with Gasteiger partial charge in [-0.25, -0.2) is 14.6 Å². The Morgan fingerprint density at radius 1 is 1.36 bits per heavy atom. The highest BCUT2D eigenvalue weighted by molar-refractivity contribution is 7.22. The summed E-state index contributed by atoms with van der Waals surface area (Å²) in [5.41, 5.74) is 6.35. The monoisotopic (exact) mass is 320 g/mol. The summed E-state index contributed by atoms with van der Waals surface area (Å²) in [5, 5.41) is 8.67. The Morgan fingerprint density at radius 3 is 2.86 bits per heavy atom. The van der Waals surface area contributed by atoms with E-state index in [-0.39, 0.29) is 12.6 Å². The van der Waals surface area contributed by atoms with Gasteiger partial charge in [-0.1, -0.05) is 33.7 Å². The van der Waals surface area contributed by atoms with Crippen LogP contribution in [-0.4, -0.2) is 29.7 Å². The molecule has 1 aromatic carbocycles. The number of carbonyl (C=O) groups is 2. The van der Waals surface area contributed by atoms with Crippen molar-refractivity contribution in [2.75, 3.05) is 6.61 Å². The zero-order chi connectivity index (χ0) is 15.9. The number of azo groups is 1. The number of nitrogens with one attached hydrogen (secondary N) is 1. The van der Waals surface area contributed by atoms with Crippen LogP contribution in [0.4, 0.5) is 14.7 Å². The van der Waals surface area contributed by atoms with Crippen LogP contribution in [0, 0.1) is 0 Å². The van der Waals surface area contributed by atoms with Crippen LogP contribution in [0.25, 0.3) is 10.2 Å². The predicted molar refractivity (Wildman–Crippen MR) is 81.3 cm³/mol. The second-order valence-corrected chi connectivity index (χ2v) is 4.80. The summed E-state index contributed by atoms with van der Waals surface area (Å²) < 4.78 is 5.42. The number of rotatable bonds is 2. The van der Waals surface area contributed by atoms with Crippen molar-refractivity contribution in [3.05, 3.63) is 24.3 Å². The lowest BCUT2D eigenvalue weighted by Crippen LogP contribution is -2.34. The van der Waals surface area contributed by atoms with E-state index in [1.54, 1.807) is 6.92 Å². The molecule has 0 bridgehead atoms. The van der Waals surface area contributed by atoms with Crippen molar-refractivity contribution in [3.63, 3.8) is 0 Å². The van der Waals surface area contributed by atoms with Crippen molar-refractivity contribution in [3.8, 4) is 0 Å². The average Bonchev–Trinajstić information content (AvgIpc) is 2.87. The molecular formula is C12H12N6O3S. The topological polar surface area (TPSA) is 131 Å². The minimum absolute atomic E-state index is 0.140. The molecule has 0 radical (unpaired) electrons. The number of aliphatic imine (C=N–C) groups is 1. The number of amides is 3. The molecule has 0 aliphatic heterocycles. The van der Waals surface area contributed by atoms with Gasteiger partial charge >= 0.3 is 12.1 Å². The molecule has 0 aliphatic rings. The quantitative estimate of drug-likeness (QED) is 0.498. The number of fused-ring (bicyclic) bond motifs is 1. The first-order valence-corrected chi connectivity index (χ1v) is 6.99. The summed E-state index contributed by atoms with van der Waals surface area (Å²) in [4.78, 5) is 30.4. The molecule has 114 valence electrons. The number of benzene rings is 1. The lowest BCUT2D eigenvalue weighted by molar-refractivity contribution is 0.161. The van der Waals surface area contributed by atoms with Crippen molar-refractivity contribution in [1.82, 2.24) is 10.3 Å². The van der Waals surface area contributed by atoms with Crippen molar-refractivity contribution in [2.24, 2.45) is 21.0 Å². The van der Waals surface area contributed by atoms with Gasteiger partial charge < -0.3 is 10.5 Å². The van der Waals surface area contributed by atoms with Gasteiger partial charge in [-0.3, -0.25) is 5.32 Å². The van der Waals surface area contributed by atoms with Gasteiger partial charge in [0.1, 0.15) is 0 Å². The van der Waals surface area contributed by atoms with E-state index in [4.69, 9.17) is 5.73 Å². The highest BCUT2D eigenvalue weighted by Gasteiger charge is 2.06. The molecule has 0 spiro atoms. The fraction of sp³-hybridized carbons (Fsp3) is 0.167. The fourth-order valence-electron chi connectivity index (χ4n) is 1.41. The summed E-state index contributed by atoms with van der Waals surface area (Å²) >= 11 is 1.32. The molecule has 2 rings (SSSR count). The van der Waals surface area contributed by atoms with Crippen molar-refractivity contribution < 1.29 is 14.3 Å². The van der Waals surface area contributed by atoms with Gasteiger partial charge in [0.05, 0.1) is 16.8 Å². The molecule has 2 aromatic rings. The Hall–Kier alpha value is -2.88. The van der Waals surface area contributed by atoms with Crippen LogP contribution >= 0.6 is 11.3 Å². The molecule has 0 unspecified atom stereocenters. The number of thiazole rings is 1. The third-order valence-corrected chi connectivity index (χ3v) is 3.15. The van der Waals surface area contributed by atoms with Gasteiger partial charge in [0, 0.05) is 0 Å². The van der Waals surface area contributed by atoms with E-state index >= 15 is 0 Å². The first-order chi connectivity index (χ1) is 10.6. The fourth-order valence-corrected chi connectivity index (χ4v) is 2.26. The number of carbonyl (C=O) groups excluding carboxylic acids is 2. The third kappa shape index (κ3) is 4.31. The third-order valence-electron chi connectivity index (χ3n) is 2.22. The minimum atomic E-state index is -0.959. The van der Waals surface area contributed by atoms with E-state index in [0.29, 0.717) is 5.13 Å². The second-order valence-electron chi connectivity index (χ2n) is 3.79. The maximum atomic E-state index is 11.4. The number of guanidine groups is 1. The number of aromatic nitrogens is 1. The lowest BCUT2D eigenvalue weighted by Gasteiger charge is -1.97. The van der Waals surface area contributed by atoms with Gasteiger partial charge in [0.2, 0.25) is 11.1 Å². The molecular weight excluding hydrogens is 308 g/mol. The molecule has 0 saturated heterocycles. The molecule has 0 aliphatic carbocycles. The van der Waals surface area contributed by atoms with E-state index in [2.05, 4.69) is 30.3 Å².